The third-order valence-corrected chi connectivity index (χ3v) is 6.12. The van der Waals surface area contributed by atoms with Crippen LogP contribution in [0, 0.1) is 5.92 Å². The summed E-state index contributed by atoms with van der Waals surface area (Å²) in [6, 6.07) is 6.80. The Morgan fingerprint density at radius 1 is 1.46 bits per heavy atom. The first-order valence-corrected chi connectivity index (χ1v) is 9.86. The van der Waals surface area contributed by atoms with Gasteiger partial charge in [0.15, 0.2) is 0 Å². The molecule has 1 saturated heterocycles. The van der Waals surface area contributed by atoms with Crippen molar-refractivity contribution in [3.63, 3.8) is 0 Å². The Hall–Kier alpha value is -1.85. The summed E-state index contributed by atoms with van der Waals surface area (Å²) in [6.07, 6.45) is 5.20. The molecule has 0 unspecified atom stereocenters. The number of hydrogen-bond acceptors (Lipinski definition) is 3. The number of likely N-dealkylation sites (tertiary alicyclic amines) is 1. The van der Waals surface area contributed by atoms with Crippen molar-refractivity contribution in [2.45, 2.75) is 51.1 Å². The summed E-state index contributed by atoms with van der Waals surface area (Å²) in [5.41, 5.74) is 4.01. The highest BCUT2D eigenvalue weighted by Gasteiger charge is 2.42. The van der Waals surface area contributed by atoms with Gasteiger partial charge in [-0.2, -0.15) is 0 Å². The maximum absolute atomic E-state index is 12.8. The average molecular weight is 355 g/mol. The Balaban J connectivity index is 1.67. The third-order valence-electron chi connectivity index (χ3n) is 6.12. The summed E-state index contributed by atoms with van der Waals surface area (Å²) in [5.74, 6) is 0.452. The van der Waals surface area contributed by atoms with Crippen LogP contribution in [0.25, 0.3) is 10.9 Å². The van der Waals surface area contributed by atoms with Gasteiger partial charge in [-0.3, -0.25) is 9.69 Å². The summed E-state index contributed by atoms with van der Waals surface area (Å²) in [5, 5.41) is 13.6. The van der Waals surface area contributed by atoms with E-state index in [2.05, 4.69) is 46.5 Å². The molecule has 1 aromatic carbocycles. The van der Waals surface area contributed by atoms with Gasteiger partial charge >= 0.3 is 0 Å². The minimum Gasteiger partial charge on any atom is -0.394 e. The van der Waals surface area contributed by atoms with Gasteiger partial charge in [0, 0.05) is 41.6 Å². The Kier molecular flexibility index (Phi) is 4.76. The number of carbonyl (C=O) groups is 1. The van der Waals surface area contributed by atoms with E-state index < -0.39 is 0 Å². The molecule has 1 amide bonds. The molecule has 2 heterocycles. The lowest BCUT2D eigenvalue weighted by Gasteiger charge is -2.46. The number of amides is 1. The minimum absolute atomic E-state index is 0.0186. The highest BCUT2D eigenvalue weighted by atomic mass is 16.3. The van der Waals surface area contributed by atoms with Crippen molar-refractivity contribution < 1.29 is 9.90 Å². The number of carbonyl (C=O) groups excluding carboxylic acids is 1. The number of aromatic nitrogens is 1. The largest absolute Gasteiger partial charge is 0.394 e. The van der Waals surface area contributed by atoms with E-state index in [9.17, 15) is 9.90 Å². The Morgan fingerprint density at radius 2 is 2.31 bits per heavy atom. The lowest BCUT2D eigenvalue weighted by Crippen LogP contribution is -2.54. The predicted molar refractivity (Wildman–Crippen MR) is 103 cm³/mol. The maximum atomic E-state index is 12.8. The number of nitrogens with zero attached hydrogens (tertiary/aromatic N) is 1. The van der Waals surface area contributed by atoms with Gasteiger partial charge < -0.3 is 15.4 Å². The van der Waals surface area contributed by atoms with Crippen LogP contribution in [0.1, 0.15) is 43.7 Å². The molecule has 5 heteroatoms. The van der Waals surface area contributed by atoms with Crippen molar-refractivity contribution in [1.29, 1.82) is 0 Å². The number of piperidine rings is 1. The molecule has 1 fully saturated rings. The second kappa shape index (κ2) is 7.05. The second-order valence-electron chi connectivity index (χ2n) is 7.98. The Bertz CT molecular complexity index is 800. The quantitative estimate of drug-likeness (QED) is 0.771. The van der Waals surface area contributed by atoms with Crippen LogP contribution in [0.2, 0.25) is 0 Å². The van der Waals surface area contributed by atoms with Crippen LogP contribution in [-0.4, -0.2) is 52.7 Å². The van der Waals surface area contributed by atoms with Crippen molar-refractivity contribution in [2.75, 3.05) is 19.7 Å². The Morgan fingerprint density at radius 3 is 3.08 bits per heavy atom. The number of nitrogens with one attached hydrogen (secondary N) is 2. The molecule has 0 saturated carbocycles. The number of fused-ring (bicyclic) bond motifs is 2. The van der Waals surface area contributed by atoms with Crippen LogP contribution in [0.3, 0.4) is 0 Å². The Labute approximate surface area is 154 Å². The number of aliphatic hydroxyl groups is 1. The standard InChI is InChI=1S/C21H29N3O2/c1-3-7-24-11-15(21(26)23-13(2)12-25)8-17-16-5-4-6-18-20(16)14(10-22-18)9-19(17)24/h4-6,10,13,15,17,19,22,25H,3,7-9,11-12H2,1-2H3,(H,23,26)/t13-,15+,17+,19+/m0/s1. The first-order valence-electron chi connectivity index (χ1n) is 9.86. The normalized spacial score (nSPS) is 26.5. The van der Waals surface area contributed by atoms with Gasteiger partial charge in [0.2, 0.25) is 5.91 Å². The number of aliphatic hydroxyl groups excluding tert-OH is 1. The lowest BCUT2D eigenvalue weighted by molar-refractivity contribution is -0.128. The van der Waals surface area contributed by atoms with Crippen molar-refractivity contribution in [2.24, 2.45) is 5.92 Å². The van der Waals surface area contributed by atoms with E-state index in [1.165, 1.54) is 22.0 Å². The first kappa shape index (κ1) is 17.6. The van der Waals surface area contributed by atoms with Crippen molar-refractivity contribution in [3.05, 3.63) is 35.5 Å². The fourth-order valence-corrected chi connectivity index (χ4v) is 4.94. The van der Waals surface area contributed by atoms with Gasteiger partial charge in [0.05, 0.1) is 12.5 Å². The number of H-pyrrole nitrogens is 1. The van der Waals surface area contributed by atoms with E-state index >= 15 is 0 Å². The molecule has 0 radical (unpaired) electrons. The van der Waals surface area contributed by atoms with E-state index in [0.29, 0.717) is 12.0 Å². The van der Waals surface area contributed by atoms with E-state index in [0.717, 1.165) is 32.4 Å². The van der Waals surface area contributed by atoms with E-state index in [-0.39, 0.29) is 24.5 Å². The number of benzene rings is 1. The van der Waals surface area contributed by atoms with Crippen molar-refractivity contribution >= 4 is 16.8 Å². The van der Waals surface area contributed by atoms with Crippen LogP contribution in [0.5, 0.6) is 0 Å². The SMILES string of the molecule is CCCN1C[C@H](C(=O)N[C@@H](C)CO)C[C@@H]2c3cccc4[nH]cc(c34)C[C@H]21. The minimum atomic E-state index is -0.189. The monoisotopic (exact) mass is 355 g/mol. The van der Waals surface area contributed by atoms with E-state index in [1.54, 1.807) is 0 Å². The zero-order valence-corrected chi connectivity index (χ0v) is 15.7. The summed E-state index contributed by atoms with van der Waals surface area (Å²) >= 11 is 0. The van der Waals surface area contributed by atoms with Crippen molar-refractivity contribution in [1.82, 2.24) is 15.2 Å². The van der Waals surface area contributed by atoms with Crippen LogP contribution in [-0.2, 0) is 11.2 Å². The van der Waals surface area contributed by atoms with Crippen LogP contribution < -0.4 is 5.32 Å². The van der Waals surface area contributed by atoms with Gasteiger partial charge in [-0.1, -0.05) is 19.1 Å². The highest BCUT2D eigenvalue weighted by Crippen LogP contribution is 2.44. The molecule has 2 aliphatic rings. The zero-order chi connectivity index (χ0) is 18.3. The molecule has 5 nitrogen and oxygen atoms in total. The van der Waals surface area contributed by atoms with Crippen LogP contribution in [0.15, 0.2) is 24.4 Å². The molecular formula is C21H29N3O2. The first-order chi connectivity index (χ1) is 12.6. The average Bonchev–Trinajstić information content (AvgIpc) is 3.06. The third kappa shape index (κ3) is 2.93. The van der Waals surface area contributed by atoms with Gasteiger partial charge in [-0.25, -0.2) is 0 Å². The molecule has 0 bridgehead atoms. The smallest absolute Gasteiger partial charge is 0.224 e. The molecule has 140 valence electrons. The molecule has 26 heavy (non-hydrogen) atoms. The van der Waals surface area contributed by atoms with Crippen molar-refractivity contribution in [3.8, 4) is 0 Å². The summed E-state index contributed by atoms with van der Waals surface area (Å²) in [4.78, 5) is 18.7. The molecule has 1 aromatic heterocycles. The van der Waals surface area contributed by atoms with Crippen LogP contribution in [0.4, 0.5) is 0 Å². The topological polar surface area (TPSA) is 68.4 Å². The zero-order valence-electron chi connectivity index (χ0n) is 15.7. The van der Waals surface area contributed by atoms with Gasteiger partial charge in [-0.15, -0.1) is 0 Å². The number of rotatable bonds is 5. The summed E-state index contributed by atoms with van der Waals surface area (Å²) in [6.45, 7) is 5.87. The summed E-state index contributed by atoms with van der Waals surface area (Å²) < 4.78 is 0. The molecule has 4 atom stereocenters. The van der Waals surface area contributed by atoms with E-state index in [1.807, 2.05) is 6.92 Å². The van der Waals surface area contributed by atoms with Gasteiger partial charge in [0.1, 0.15) is 0 Å². The molecule has 1 aliphatic heterocycles. The maximum Gasteiger partial charge on any atom is 0.224 e. The molecule has 4 rings (SSSR count). The molecule has 0 spiro atoms. The molecule has 3 N–H and O–H groups in total. The van der Waals surface area contributed by atoms with Crippen LogP contribution >= 0.6 is 0 Å². The second-order valence-corrected chi connectivity index (χ2v) is 7.98. The van der Waals surface area contributed by atoms with Gasteiger partial charge in [-0.05, 0) is 49.9 Å². The number of hydrogen-bond donors (Lipinski definition) is 3. The van der Waals surface area contributed by atoms with Gasteiger partial charge in [0.25, 0.3) is 0 Å². The molecular weight excluding hydrogens is 326 g/mol. The summed E-state index contributed by atoms with van der Waals surface area (Å²) in [7, 11) is 0. The lowest BCUT2D eigenvalue weighted by atomic mass is 9.72. The predicted octanol–water partition coefficient (Wildman–Crippen LogP) is 2.41. The fraction of sp³-hybridized carbons (Fsp3) is 0.571. The molecule has 1 aliphatic carbocycles. The molecule has 2 aromatic rings. The fourth-order valence-electron chi connectivity index (χ4n) is 4.94. The van der Waals surface area contributed by atoms with E-state index in [4.69, 9.17) is 0 Å². The highest BCUT2D eigenvalue weighted by molar-refractivity contribution is 5.88. The number of aromatic amines is 1.